The van der Waals surface area contributed by atoms with Crippen LogP contribution in [0.25, 0.3) is 262 Å². The van der Waals surface area contributed by atoms with Gasteiger partial charge in [0.2, 0.25) is 0 Å². The summed E-state index contributed by atoms with van der Waals surface area (Å²) in [7, 11) is 0. The van der Waals surface area contributed by atoms with Gasteiger partial charge in [-0.25, -0.2) is 59.8 Å². The van der Waals surface area contributed by atoms with E-state index in [9.17, 15) is 0 Å². The number of pyridine rings is 6. The number of imidazole rings is 3. The first-order valence-corrected chi connectivity index (χ1v) is 49.9. The van der Waals surface area contributed by atoms with Gasteiger partial charge in [-0.15, -0.1) is 0 Å². The summed E-state index contributed by atoms with van der Waals surface area (Å²) in [4.78, 5) is 61.2. The molecule has 0 radical (unpaired) electrons. The summed E-state index contributed by atoms with van der Waals surface area (Å²) in [6.45, 7) is 0. The smallest absolute Gasteiger partial charge is 0.160 e. The molecule has 0 saturated heterocycles. The number of para-hydroxylation sites is 3. The molecule has 12 heterocycles. The third-order valence-electron chi connectivity index (χ3n) is 27.2. The summed E-state index contributed by atoms with van der Waals surface area (Å²) in [6, 6.07) is 166. The van der Waals surface area contributed by atoms with E-state index in [2.05, 4.69) is 369 Å². The minimum Gasteiger partial charge on any atom is -0.306 e. The number of aromatic nitrogens is 15. The highest BCUT2D eigenvalue weighted by Crippen LogP contribution is 2.45. The minimum atomic E-state index is 0.696. The Balaban J connectivity index is 0.000000113. The van der Waals surface area contributed by atoms with E-state index in [0.29, 0.717) is 17.5 Å². The van der Waals surface area contributed by atoms with Gasteiger partial charge in [-0.05, 0) is 70.5 Å². The van der Waals surface area contributed by atoms with Crippen molar-refractivity contribution in [2.45, 2.75) is 0 Å². The zero-order valence-corrected chi connectivity index (χ0v) is 81.2. The summed E-state index contributed by atoms with van der Waals surface area (Å²) in [5.74, 6) is 2.10. The van der Waals surface area contributed by atoms with Crippen molar-refractivity contribution in [1.29, 1.82) is 0 Å². The van der Waals surface area contributed by atoms with Crippen LogP contribution in [0.3, 0.4) is 0 Å². The second kappa shape index (κ2) is 38.6. The van der Waals surface area contributed by atoms with Gasteiger partial charge in [0, 0.05) is 162 Å². The number of fused-ring (bicyclic) bond motifs is 15. The van der Waals surface area contributed by atoms with E-state index in [4.69, 9.17) is 59.8 Å². The molecule has 0 bridgehead atoms. The normalized spacial score (nSPS) is 11.4. The molecular formula is C132H84BrN15. The summed E-state index contributed by atoms with van der Waals surface area (Å²) < 4.78 is 7.38. The van der Waals surface area contributed by atoms with Crippen LogP contribution in [-0.4, -0.2) is 73.0 Å². The molecule has 0 aliphatic rings. The lowest BCUT2D eigenvalue weighted by molar-refractivity contribution is 1.17. The maximum absolute atomic E-state index is 5.49. The lowest BCUT2D eigenvalue weighted by Gasteiger charge is -2.12. The second-order valence-electron chi connectivity index (χ2n) is 36.3. The van der Waals surface area contributed by atoms with Crippen molar-refractivity contribution in [2.75, 3.05) is 0 Å². The van der Waals surface area contributed by atoms with E-state index in [0.717, 1.165) is 250 Å². The zero-order valence-electron chi connectivity index (χ0n) is 79.6. The number of nitrogens with zero attached hydrogens (tertiary/aromatic N) is 15. The van der Waals surface area contributed by atoms with E-state index in [1.54, 1.807) is 0 Å². The van der Waals surface area contributed by atoms with E-state index in [1.807, 2.05) is 170 Å². The molecule has 148 heavy (non-hydrogen) atoms. The lowest BCUT2D eigenvalue weighted by Crippen LogP contribution is -1.96. The average Bonchev–Trinajstić information content (AvgIpc) is 1.50. The Morgan fingerprint density at radius 2 is 0.405 bits per heavy atom. The van der Waals surface area contributed by atoms with Crippen LogP contribution in [0, 0.1) is 0 Å². The SMILES string of the molecule is Brc1c(-c2ccc(-c3cc(-c4ccccc4)nc(-c4ccccc4)n3)cc2)nc2c3c(ccn12)c(-c1ccccc1)nc1ccccc13.c1ccc(-c2cc(-c3ccc(-c4cn5ccc6c(-c7ccccc7)nc7ccccc7c6c5n4)cc3)nc(-c3ccccc3)n2)cc1.c1ccc(-c2cc(-c3ccc(-c4nc5c6c(ccn5c4-c4ccccc4)c(-c4ccccc4)nc4ccccc46)cc3)nc(-c3ccccc3)n2)cc1. The van der Waals surface area contributed by atoms with Crippen LogP contribution in [0.5, 0.6) is 0 Å². The molecule has 0 unspecified atom stereocenters. The third-order valence-corrected chi connectivity index (χ3v) is 28.0. The van der Waals surface area contributed by atoms with Gasteiger partial charge in [0.1, 0.15) is 27.2 Å². The van der Waals surface area contributed by atoms with E-state index in [-0.39, 0.29) is 0 Å². The van der Waals surface area contributed by atoms with Crippen LogP contribution in [0.4, 0.5) is 0 Å². The first-order valence-electron chi connectivity index (χ1n) is 49.1. The number of benzene rings is 16. The summed E-state index contributed by atoms with van der Waals surface area (Å²) in [5, 5.41) is 9.72. The topological polar surface area (TPSA) is 168 Å². The van der Waals surface area contributed by atoms with Crippen LogP contribution in [0.15, 0.2) is 515 Å². The van der Waals surface area contributed by atoms with Gasteiger partial charge < -0.3 is 4.40 Å². The maximum Gasteiger partial charge on any atom is 0.160 e. The van der Waals surface area contributed by atoms with Crippen LogP contribution >= 0.6 is 15.9 Å². The highest BCUT2D eigenvalue weighted by Gasteiger charge is 2.26. The monoisotopic (exact) mass is 1960 g/mol. The van der Waals surface area contributed by atoms with E-state index < -0.39 is 0 Å². The number of hydrogen-bond acceptors (Lipinski definition) is 12. The van der Waals surface area contributed by atoms with Gasteiger partial charge in [0.15, 0.2) is 17.5 Å². The van der Waals surface area contributed by atoms with Crippen molar-refractivity contribution in [2.24, 2.45) is 0 Å². The van der Waals surface area contributed by atoms with Crippen LogP contribution in [0.2, 0.25) is 0 Å². The lowest BCUT2D eigenvalue weighted by atomic mass is 10.0. The number of hydrogen-bond donors (Lipinski definition) is 0. The Hall–Kier alpha value is -19.7. The average molecular weight is 1960 g/mol. The molecule has 0 fully saturated rings. The van der Waals surface area contributed by atoms with Crippen molar-refractivity contribution in [1.82, 2.24) is 73.0 Å². The molecule has 0 saturated carbocycles. The maximum atomic E-state index is 5.49. The first-order chi connectivity index (χ1) is 73.3. The van der Waals surface area contributed by atoms with Gasteiger partial charge in [0.25, 0.3) is 0 Å². The van der Waals surface area contributed by atoms with Crippen LogP contribution in [-0.2, 0) is 0 Å². The molecule has 0 spiro atoms. The van der Waals surface area contributed by atoms with Crippen LogP contribution in [0.1, 0.15) is 0 Å². The molecule has 16 aromatic carbocycles. The fourth-order valence-corrected chi connectivity index (χ4v) is 20.6. The Labute approximate surface area is 859 Å². The van der Waals surface area contributed by atoms with Gasteiger partial charge in [-0.1, -0.05) is 431 Å². The Morgan fingerprint density at radius 3 is 0.750 bits per heavy atom. The minimum absolute atomic E-state index is 0.696. The fourth-order valence-electron chi connectivity index (χ4n) is 20.0. The van der Waals surface area contributed by atoms with E-state index in [1.165, 1.54) is 0 Å². The molecule has 15 nitrogen and oxygen atoms in total. The summed E-state index contributed by atoms with van der Waals surface area (Å²) in [6.07, 6.45) is 8.41. The predicted molar refractivity (Wildman–Crippen MR) is 605 cm³/mol. The Bertz CT molecular complexity index is 9670. The molecule has 16 heteroatoms. The van der Waals surface area contributed by atoms with Gasteiger partial charge in [-0.2, -0.15) is 0 Å². The number of halogens is 1. The molecule has 0 aliphatic heterocycles. The molecular weight excluding hydrogens is 1880 g/mol. The van der Waals surface area contributed by atoms with Crippen molar-refractivity contribution in [3.8, 4) is 181 Å². The van der Waals surface area contributed by atoms with E-state index >= 15 is 0 Å². The fraction of sp³-hybridized carbons (Fsp3) is 0. The largest absolute Gasteiger partial charge is 0.306 e. The molecule has 694 valence electrons. The third kappa shape index (κ3) is 16.9. The first kappa shape index (κ1) is 88.5. The van der Waals surface area contributed by atoms with Gasteiger partial charge in [-0.3, -0.25) is 8.80 Å². The summed E-state index contributed by atoms with van der Waals surface area (Å²) in [5.41, 5.74) is 33.9. The standard InChI is InChI=1S/C48H31N5.C42H26BrN5.C42H27N5/c1-5-15-32(16-6-1)41-31-42(51-47(50-41)37-21-11-4-12-22-37)33-25-27-35(28-26-33)45-46(36-19-9-3-10-20-36)53-30-29-39-43(48(53)52-45)38-23-13-14-24-40(38)49-44(39)34-17-7-2-8-18-34;43-40-39(47-42-37-32-18-10-11-19-34(32)44-38(29-14-6-2-7-15-29)33(37)24-25-48(40)42)30-22-20-28(21-23-30)36-26-35(27-12-4-1-5-13-27)45-41(46-36)31-16-8-3-9-17-31;1-4-12-28(13-5-1)36-26-37(45-41(44-36)32-16-8-3-9-17-32)29-20-22-30(23-21-29)38-27-47-25-24-34-39(42(47)46-38)33-18-10-11-19-35(33)43-40(34)31-14-6-2-7-15-31/h1-31H;1-26H;1-27H. The van der Waals surface area contributed by atoms with Crippen molar-refractivity contribution < 1.29 is 0 Å². The Kier molecular flexibility index (Phi) is 23.1. The molecule has 0 atom stereocenters. The van der Waals surface area contributed by atoms with Crippen molar-refractivity contribution in [3.63, 3.8) is 0 Å². The van der Waals surface area contributed by atoms with Crippen LogP contribution < -0.4 is 0 Å². The highest BCUT2D eigenvalue weighted by molar-refractivity contribution is 9.10. The Morgan fingerprint density at radius 1 is 0.162 bits per heavy atom. The number of rotatable bonds is 16. The molecule has 0 N–H and O–H groups in total. The zero-order chi connectivity index (χ0) is 98.3. The quantitative estimate of drug-likeness (QED) is 0.0841. The molecule has 0 amide bonds. The van der Waals surface area contributed by atoms with Gasteiger partial charge in [0.05, 0.1) is 84.9 Å². The summed E-state index contributed by atoms with van der Waals surface area (Å²) >= 11 is 3.90. The van der Waals surface area contributed by atoms with Crippen molar-refractivity contribution in [3.05, 3.63) is 515 Å². The molecule has 12 aromatic heterocycles. The van der Waals surface area contributed by atoms with Crippen molar-refractivity contribution >= 4 is 97.9 Å². The predicted octanol–water partition coefficient (Wildman–Crippen LogP) is 32.9. The second-order valence-corrected chi connectivity index (χ2v) is 37.1. The molecule has 28 aromatic rings. The van der Waals surface area contributed by atoms with Gasteiger partial charge >= 0.3 is 0 Å². The molecule has 28 rings (SSSR count). The molecule has 0 aliphatic carbocycles. The highest BCUT2D eigenvalue weighted by atomic mass is 79.9.